The van der Waals surface area contributed by atoms with Gasteiger partial charge in [0.15, 0.2) is 0 Å². The van der Waals surface area contributed by atoms with Crippen LogP contribution in [0.4, 0.5) is 0 Å². The van der Waals surface area contributed by atoms with Crippen LogP contribution in [0, 0.1) is 11.8 Å². The third kappa shape index (κ3) is 26.8. The largest absolute Gasteiger partial charge is 0.508 e. The van der Waals surface area contributed by atoms with E-state index in [4.69, 9.17) is 11.5 Å². The number of carboxylic acid groups (broad SMARTS) is 5. The van der Waals surface area contributed by atoms with Gasteiger partial charge in [0.2, 0.25) is 59.1 Å². The van der Waals surface area contributed by atoms with Crippen molar-refractivity contribution in [3.8, 4) is 5.75 Å². The van der Waals surface area contributed by atoms with Gasteiger partial charge in [0.05, 0.1) is 6.04 Å². The Bertz CT molecular complexity index is 2950. The van der Waals surface area contributed by atoms with Gasteiger partial charge in [-0.15, -0.1) is 0 Å². The standard InChI is InChI=1S/C60H85N11O21/c1-5-32(4)50(70-55(86)40(21-26-49(80)81)65-52(83)37(18-23-46(74)75)63-51(82)36(61)29-33-10-7-6-8-11-33)59(90)71-27-9-12-44(71)58(89)66-39(20-25-48(78)79)53(84)64-38(19-24-47(76)77)54(85)69-43(30-34-13-15-35(72)16-14-34)57(88)68-42(28-31(2)3)56(87)67-41(60(91)92)17-22-45(62)73/h6-8,10-11,13-16,31-32,36-44,50,72H,5,9,12,17-30,61H2,1-4H3,(H2,62,73)(H,63,82)(H,64,84)(H,65,83)(H,66,89)(H,67,87)(H,68,88)(H,69,85)(H,70,86)(H,74,75)(H,76,77)(H,78,79)(H,80,81)(H,91,92)/t32-,36-,37-,38-,39-,40-,41-,42-,43-,44-,50-/m0/s1. The van der Waals surface area contributed by atoms with Crippen molar-refractivity contribution in [2.75, 3.05) is 6.54 Å². The van der Waals surface area contributed by atoms with Crippen molar-refractivity contribution in [3.05, 3.63) is 65.7 Å². The van der Waals surface area contributed by atoms with Gasteiger partial charge in [0.25, 0.3) is 0 Å². The minimum atomic E-state index is -1.85. The number of hydrogen-bond acceptors (Lipinski definition) is 17. The molecule has 18 N–H and O–H groups in total. The van der Waals surface area contributed by atoms with E-state index in [0.717, 1.165) is 4.90 Å². The Morgan fingerprint density at radius 3 is 1.36 bits per heavy atom. The summed E-state index contributed by atoms with van der Waals surface area (Å²) >= 11 is 0. The van der Waals surface area contributed by atoms with Crippen molar-refractivity contribution in [3.63, 3.8) is 0 Å². The lowest BCUT2D eigenvalue weighted by Gasteiger charge is -2.33. The zero-order valence-corrected chi connectivity index (χ0v) is 51.6. The summed E-state index contributed by atoms with van der Waals surface area (Å²) in [5.74, 6) is -18.5. The van der Waals surface area contributed by atoms with Crippen molar-refractivity contribution >= 4 is 88.9 Å². The normalized spacial score (nSPS) is 16.0. The fourth-order valence-electron chi connectivity index (χ4n) is 9.76. The molecule has 1 saturated heterocycles. The molecule has 1 heterocycles. The van der Waals surface area contributed by atoms with E-state index in [2.05, 4.69) is 42.5 Å². The van der Waals surface area contributed by atoms with Crippen molar-refractivity contribution in [1.29, 1.82) is 0 Å². The van der Waals surface area contributed by atoms with Crippen molar-refractivity contribution < 1.29 is 103 Å². The molecule has 3 rings (SSSR count). The maximum atomic E-state index is 14.7. The zero-order valence-electron chi connectivity index (χ0n) is 51.6. The lowest BCUT2D eigenvalue weighted by Crippen LogP contribution is -2.61. The number of phenolic OH excluding ortho intramolecular Hbond substituents is 1. The number of carbonyl (C=O) groups excluding carboxylic acids is 10. The molecule has 0 unspecified atom stereocenters. The Labute approximate surface area is 529 Å². The summed E-state index contributed by atoms with van der Waals surface area (Å²) in [4.78, 5) is 199. The molecule has 0 aromatic heterocycles. The molecule has 0 aliphatic carbocycles. The van der Waals surface area contributed by atoms with E-state index in [1.165, 1.54) is 24.3 Å². The first kappa shape index (κ1) is 76.5. The number of aromatic hydroxyl groups is 1. The van der Waals surface area contributed by atoms with Crippen LogP contribution >= 0.6 is 0 Å². The number of aliphatic carboxylic acids is 5. The monoisotopic (exact) mass is 1300 g/mol. The molecular formula is C60H85N11O21. The Hall–Kier alpha value is -9.75. The summed E-state index contributed by atoms with van der Waals surface area (Å²) in [6.45, 7) is 6.49. The van der Waals surface area contributed by atoms with Crippen LogP contribution in [0.25, 0.3) is 0 Å². The molecule has 0 radical (unpaired) electrons. The maximum Gasteiger partial charge on any atom is 0.326 e. The molecule has 1 aliphatic heterocycles. The van der Waals surface area contributed by atoms with Crippen LogP contribution in [0.3, 0.4) is 0 Å². The van der Waals surface area contributed by atoms with Crippen molar-refractivity contribution in [2.45, 2.75) is 191 Å². The van der Waals surface area contributed by atoms with Gasteiger partial charge in [-0.3, -0.25) is 67.1 Å². The number of likely N-dealkylation sites (tertiary alicyclic amines) is 1. The summed E-state index contributed by atoms with van der Waals surface area (Å²) < 4.78 is 0. The summed E-state index contributed by atoms with van der Waals surface area (Å²) in [6, 6.07) is -1.91. The molecule has 0 bridgehead atoms. The van der Waals surface area contributed by atoms with Crippen LogP contribution in [0.5, 0.6) is 5.75 Å². The third-order valence-corrected chi connectivity index (χ3v) is 15.0. The van der Waals surface area contributed by atoms with E-state index in [9.17, 15) is 103 Å². The predicted molar refractivity (Wildman–Crippen MR) is 323 cm³/mol. The quantitative estimate of drug-likeness (QED) is 0.0352. The fraction of sp³-hybridized carbons (Fsp3) is 0.550. The van der Waals surface area contributed by atoms with Crippen LogP contribution in [-0.4, -0.2) is 191 Å². The highest BCUT2D eigenvalue weighted by atomic mass is 16.4. The van der Waals surface area contributed by atoms with Gasteiger partial charge in [-0.1, -0.05) is 76.6 Å². The lowest BCUT2D eigenvalue weighted by molar-refractivity contribution is -0.144. The van der Waals surface area contributed by atoms with E-state index < -0.39 is 219 Å². The van der Waals surface area contributed by atoms with Crippen molar-refractivity contribution in [1.82, 2.24) is 47.4 Å². The van der Waals surface area contributed by atoms with Crippen molar-refractivity contribution in [2.24, 2.45) is 23.3 Å². The molecule has 92 heavy (non-hydrogen) atoms. The van der Waals surface area contributed by atoms with Gasteiger partial charge >= 0.3 is 29.8 Å². The van der Waals surface area contributed by atoms with Crippen LogP contribution in [-0.2, 0) is 84.8 Å². The second-order valence-corrected chi connectivity index (χ2v) is 22.9. The van der Waals surface area contributed by atoms with Gasteiger partial charge < -0.3 is 89.5 Å². The molecule has 1 fully saturated rings. The zero-order chi connectivity index (χ0) is 68.9. The first-order valence-electron chi connectivity index (χ1n) is 30.0. The summed E-state index contributed by atoms with van der Waals surface area (Å²) in [5.41, 5.74) is 12.3. The average Bonchev–Trinajstić information content (AvgIpc) is 1.57. The summed E-state index contributed by atoms with van der Waals surface area (Å²) in [6.07, 6.45) is -6.16. The Morgan fingerprint density at radius 2 is 0.902 bits per heavy atom. The topological polar surface area (TPSA) is 529 Å². The van der Waals surface area contributed by atoms with Gasteiger partial charge in [-0.25, -0.2) is 4.79 Å². The molecule has 0 saturated carbocycles. The van der Waals surface area contributed by atoms with Crippen LogP contribution in [0.2, 0.25) is 0 Å². The van der Waals surface area contributed by atoms with Gasteiger partial charge in [0.1, 0.15) is 60.1 Å². The number of benzene rings is 2. The number of amides is 10. The van der Waals surface area contributed by atoms with Crippen LogP contribution in [0.15, 0.2) is 54.6 Å². The Kier molecular flexibility index (Phi) is 31.6. The second-order valence-electron chi connectivity index (χ2n) is 22.9. The molecule has 506 valence electrons. The number of nitrogens with two attached hydrogens (primary N) is 2. The molecule has 11 atom stereocenters. The van der Waals surface area contributed by atoms with E-state index in [1.807, 2.05) is 0 Å². The highest BCUT2D eigenvalue weighted by molar-refractivity contribution is 5.99. The minimum Gasteiger partial charge on any atom is -0.508 e. The molecule has 0 spiro atoms. The molecule has 2 aromatic carbocycles. The SMILES string of the molecule is CC[C@H](C)[C@H](NC(=O)[C@H](CCC(=O)O)NC(=O)[C@H](CCC(=O)O)NC(=O)[C@@H](N)Cc1ccccc1)C(=O)N1CCC[C@H]1C(=O)N[C@@H](CCC(=O)O)C(=O)N[C@@H](CCC(=O)O)C(=O)N[C@@H](Cc1ccc(O)cc1)C(=O)N[C@@H](CC(C)C)C(=O)N[C@@H](CCC(N)=O)C(=O)O. The second kappa shape index (κ2) is 38.1. The smallest absolute Gasteiger partial charge is 0.326 e. The molecular weight excluding hydrogens is 1210 g/mol. The number of rotatable bonds is 41. The van der Waals surface area contributed by atoms with E-state index in [-0.39, 0.29) is 56.7 Å². The number of hydrogen-bond donors (Lipinski definition) is 16. The van der Waals surface area contributed by atoms with E-state index in [1.54, 1.807) is 58.0 Å². The average molecular weight is 1300 g/mol. The molecule has 2 aromatic rings. The van der Waals surface area contributed by atoms with Gasteiger partial charge in [0, 0.05) is 45.1 Å². The highest BCUT2D eigenvalue weighted by Crippen LogP contribution is 2.23. The minimum absolute atomic E-state index is 0.0287. The molecule has 1 aliphatic rings. The summed E-state index contributed by atoms with van der Waals surface area (Å²) in [7, 11) is 0. The molecule has 10 amide bonds. The first-order chi connectivity index (χ1) is 43.3. The Morgan fingerprint density at radius 1 is 0.500 bits per heavy atom. The van der Waals surface area contributed by atoms with Crippen LogP contribution < -0.4 is 54.0 Å². The molecule has 32 nitrogen and oxygen atoms in total. The predicted octanol–water partition coefficient (Wildman–Crippen LogP) is -1.72. The number of primary amides is 1. The summed E-state index contributed by atoms with van der Waals surface area (Å²) in [5, 5.41) is 77.6. The maximum absolute atomic E-state index is 14.7. The highest BCUT2D eigenvalue weighted by Gasteiger charge is 2.42. The first-order valence-corrected chi connectivity index (χ1v) is 30.0. The fourth-order valence-corrected chi connectivity index (χ4v) is 9.76. The molecule has 32 heteroatoms. The number of phenols is 1. The van der Waals surface area contributed by atoms with Gasteiger partial charge in [-0.05, 0) is 92.9 Å². The van der Waals surface area contributed by atoms with Crippen LogP contribution in [0.1, 0.15) is 129 Å². The Balaban J connectivity index is 1.94. The van der Waals surface area contributed by atoms with E-state index in [0.29, 0.717) is 11.1 Å². The lowest BCUT2D eigenvalue weighted by atomic mass is 9.96. The van der Waals surface area contributed by atoms with E-state index >= 15 is 0 Å². The van der Waals surface area contributed by atoms with Gasteiger partial charge in [-0.2, -0.15) is 0 Å². The number of carboxylic acids is 5. The number of nitrogens with one attached hydrogen (secondary N) is 8. The number of carbonyl (C=O) groups is 15. The third-order valence-electron chi connectivity index (χ3n) is 15.0. The number of nitrogens with zero attached hydrogens (tertiary/aromatic N) is 1.